The van der Waals surface area contributed by atoms with Crippen LogP contribution in [0.4, 0.5) is 0 Å². The van der Waals surface area contributed by atoms with E-state index in [0.29, 0.717) is 0 Å². The Hall–Kier alpha value is -0.0800. The molecule has 1 unspecified atom stereocenters. The van der Waals surface area contributed by atoms with Crippen LogP contribution in [-0.2, 0) is 19.2 Å². The van der Waals surface area contributed by atoms with Gasteiger partial charge in [0.2, 0.25) is 0 Å². The van der Waals surface area contributed by atoms with E-state index < -0.39 is 0 Å². The lowest BCUT2D eigenvalue weighted by Gasteiger charge is -2.37. The standard InChI is InChI=1S/C13H28NOS.C12H26NOS.C10H22NOS.C7H16NOS/c1-5-8-10-14(7-3,9-6-2)11-12-16-13(4)15;1-5-8-13(7-3,9-6-2)10-11-15-12(4)14;1-5-11(6-2,7-3)8-9-13-10(4)12;1-7(9)10-6-5-8(2,3)4/h5-12H2,1-4H3;5-11H2,1-4H3;5-9H2,1-4H3;5-6H2,1-4H3/q4*+1. The number of carbonyl (C=O) groups excluding carboxylic acids is 4. The minimum Gasteiger partial charge on any atom is -0.330 e. The van der Waals surface area contributed by atoms with Gasteiger partial charge in [0.25, 0.3) is 0 Å². The van der Waals surface area contributed by atoms with E-state index in [1.54, 1.807) is 27.7 Å². The van der Waals surface area contributed by atoms with Gasteiger partial charge in [-0.1, -0.05) is 81.2 Å². The largest absolute Gasteiger partial charge is 0.330 e. The summed E-state index contributed by atoms with van der Waals surface area (Å²) in [5.74, 6) is 3.85. The molecular weight excluding hydrogens is 753 g/mol. The topological polar surface area (TPSA) is 68.3 Å². The van der Waals surface area contributed by atoms with Crippen molar-refractivity contribution in [2.24, 2.45) is 0 Å². The lowest BCUT2D eigenvalue weighted by Crippen LogP contribution is -2.50. The molecule has 0 aromatic carbocycles. The fourth-order valence-electron chi connectivity index (χ4n) is 6.29. The monoisotopic (exact) mass is 845 g/mol. The highest BCUT2D eigenvalue weighted by molar-refractivity contribution is 8.14. The Kier molecular flexibility index (Phi) is 41.8. The smallest absolute Gasteiger partial charge is 0.186 e. The van der Waals surface area contributed by atoms with Crippen LogP contribution in [0.2, 0.25) is 0 Å². The van der Waals surface area contributed by atoms with Crippen LogP contribution in [0.25, 0.3) is 0 Å². The third-order valence-corrected chi connectivity index (χ3v) is 13.3. The van der Waals surface area contributed by atoms with Crippen LogP contribution >= 0.6 is 47.0 Å². The van der Waals surface area contributed by atoms with Gasteiger partial charge in [-0.3, -0.25) is 19.2 Å². The van der Waals surface area contributed by atoms with Crippen LogP contribution in [0.15, 0.2) is 0 Å². The Labute approximate surface area is 354 Å². The third kappa shape index (κ3) is 37.5. The molecule has 0 saturated carbocycles. The molecule has 0 fully saturated rings. The summed E-state index contributed by atoms with van der Waals surface area (Å²) in [5, 5.41) is 0.952. The molecular formula is C42H92N4O4S4+4. The molecule has 0 aliphatic carbocycles. The molecule has 12 heteroatoms. The van der Waals surface area contributed by atoms with Gasteiger partial charge in [0.15, 0.2) is 20.5 Å². The average Bonchev–Trinajstić information content (AvgIpc) is 3.09. The molecule has 0 aliphatic rings. The van der Waals surface area contributed by atoms with E-state index in [4.69, 9.17) is 0 Å². The van der Waals surface area contributed by atoms with Crippen LogP contribution in [0.3, 0.4) is 0 Å². The third-order valence-electron chi connectivity index (χ3n) is 10.1. The zero-order valence-corrected chi connectivity index (χ0v) is 41.9. The Bertz CT molecular complexity index is 932. The van der Waals surface area contributed by atoms with Crippen LogP contribution < -0.4 is 0 Å². The molecule has 0 N–H and O–H groups in total. The van der Waals surface area contributed by atoms with Gasteiger partial charge in [-0.05, 0) is 60.3 Å². The molecule has 0 aliphatic heterocycles. The highest BCUT2D eigenvalue weighted by Crippen LogP contribution is 2.15. The maximum atomic E-state index is 10.9. The second-order valence-electron chi connectivity index (χ2n) is 15.4. The normalized spacial score (nSPS) is 12.6. The fourth-order valence-corrected chi connectivity index (χ4v) is 9.52. The van der Waals surface area contributed by atoms with Crippen LogP contribution in [0.5, 0.6) is 0 Å². The molecule has 324 valence electrons. The molecule has 1 atom stereocenters. The summed E-state index contributed by atoms with van der Waals surface area (Å²) in [6.07, 6.45) is 6.28. The second-order valence-corrected chi connectivity index (χ2v) is 20.5. The first-order chi connectivity index (χ1) is 25.2. The summed E-state index contributed by atoms with van der Waals surface area (Å²) in [6.45, 7) is 42.2. The van der Waals surface area contributed by atoms with E-state index in [9.17, 15) is 19.2 Å². The first-order valence-electron chi connectivity index (χ1n) is 21.1. The first kappa shape index (κ1) is 60.6. The molecule has 0 aromatic rings. The second kappa shape index (κ2) is 37.2. The first-order valence-corrected chi connectivity index (χ1v) is 25.0. The van der Waals surface area contributed by atoms with Crippen molar-refractivity contribution in [3.05, 3.63) is 0 Å². The molecule has 8 nitrogen and oxygen atoms in total. The summed E-state index contributed by atoms with van der Waals surface area (Å²) < 4.78 is 4.46. The highest BCUT2D eigenvalue weighted by Gasteiger charge is 2.24. The summed E-state index contributed by atoms with van der Waals surface area (Å²) in [5.41, 5.74) is 0. The van der Waals surface area contributed by atoms with Gasteiger partial charge in [0.1, 0.15) is 0 Å². The van der Waals surface area contributed by atoms with E-state index in [1.807, 2.05) is 0 Å². The number of quaternary nitrogens is 4. The van der Waals surface area contributed by atoms with Crippen LogP contribution in [0.1, 0.15) is 122 Å². The lowest BCUT2D eigenvalue weighted by atomic mass is 10.2. The summed E-state index contributed by atoms with van der Waals surface area (Å²) in [6, 6.07) is 0. The van der Waals surface area contributed by atoms with Crippen molar-refractivity contribution in [2.75, 3.05) is 129 Å². The van der Waals surface area contributed by atoms with Crippen molar-refractivity contribution in [1.82, 2.24) is 0 Å². The summed E-state index contributed by atoms with van der Waals surface area (Å²) in [7, 11) is 6.38. The number of thioether (sulfide) groups is 4. The Morgan fingerprint density at radius 1 is 0.352 bits per heavy atom. The summed E-state index contributed by atoms with van der Waals surface area (Å²) >= 11 is 5.80. The zero-order valence-electron chi connectivity index (χ0n) is 38.6. The van der Waals surface area contributed by atoms with E-state index in [-0.39, 0.29) is 20.5 Å². The molecule has 0 spiro atoms. The average molecular weight is 845 g/mol. The van der Waals surface area contributed by atoms with Crippen molar-refractivity contribution >= 4 is 67.5 Å². The van der Waals surface area contributed by atoms with Gasteiger partial charge in [0, 0.05) is 27.7 Å². The Morgan fingerprint density at radius 3 is 0.833 bits per heavy atom. The van der Waals surface area contributed by atoms with E-state index in [0.717, 1.165) is 58.2 Å². The molecule has 0 bridgehead atoms. The Morgan fingerprint density at radius 2 is 0.611 bits per heavy atom. The Balaban J connectivity index is -0.000000313. The van der Waals surface area contributed by atoms with Gasteiger partial charge in [-0.15, -0.1) is 0 Å². The number of hydrogen-bond donors (Lipinski definition) is 0. The van der Waals surface area contributed by atoms with Gasteiger partial charge in [-0.2, -0.15) is 0 Å². The fraction of sp³-hybridized carbons (Fsp3) is 0.905. The number of rotatable bonds is 26. The van der Waals surface area contributed by atoms with E-state index in [2.05, 4.69) is 83.5 Å². The van der Waals surface area contributed by atoms with E-state index in [1.165, 1.54) is 147 Å². The molecule has 0 amide bonds. The maximum Gasteiger partial charge on any atom is 0.186 e. The van der Waals surface area contributed by atoms with Crippen LogP contribution in [-0.4, -0.2) is 168 Å². The minimum atomic E-state index is 0.216. The van der Waals surface area contributed by atoms with Gasteiger partial charge in [-0.25, -0.2) is 0 Å². The molecule has 54 heavy (non-hydrogen) atoms. The predicted octanol–water partition coefficient (Wildman–Crippen LogP) is 9.35. The number of nitrogens with zero attached hydrogens (tertiary/aromatic N) is 4. The van der Waals surface area contributed by atoms with Gasteiger partial charge in [0.05, 0.1) is 129 Å². The molecule has 0 rings (SSSR count). The summed E-state index contributed by atoms with van der Waals surface area (Å²) in [4.78, 5) is 43.1. The minimum absolute atomic E-state index is 0.216. The molecule has 0 saturated heterocycles. The number of hydrogen-bond acceptors (Lipinski definition) is 8. The highest BCUT2D eigenvalue weighted by atomic mass is 32.2. The van der Waals surface area contributed by atoms with Crippen molar-refractivity contribution in [3.63, 3.8) is 0 Å². The maximum absolute atomic E-state index is 10.9. The zero-order chi connectivity index (χ0) is 42.7. The van der Waals surface area contributed by atoms with Crippen molar-refractivity contribution in [1.29, 1.82) is 0 Å². The number of unbranched alkanes of at least 4 members (excludes halogenated alkanes) is 1. The molecule has 0 radical (unpaired) electrons. The SMILES string of the molecule is CC(=O)SCC[N+](C)(C)C.CCCC[N+](CC)(CCC)CCSC(C)=O.CCC[N+](CC)(CCC)CCSC(C)=O.CC[N+](CC)(CC)CCSC(C)=O. The number of carbonyl (C=O) groups is 4. The van der Waals surface area contributed by atoms with E-state index >= 15 is 0 Å². The predicted molar refractivity (Wildman–Crippen MR) is 249 cm³/mol. The molecule has 0 aromatic heterocycles. The quantitative estimate of drug-likeness (QED) is 0.0799. The lowest BCUT2D eigenvalue weighted by molar-refractivity contribution is -0.924. The van der Waals surface area contributed by atoms with Crippen molar-refractivity contribution in [2.45, 2.75) is 122 Å². The van der Waals surface area contributed by atoms with Gasteiger partial charge < -0.3 is 17.9 Å². The molecule has 0 heterocycles. The van der Waals surface area contributed by atoms with Crippen molar-refractivity contribution in [3.8, 4) is 0 Å². The van der Waals surface area contributed by atoms with Crippen molar-refractivity contribution < 1.29 is 37.1 Å². The van der Waals surface area contributed by atoms with Crippen LogP contribution in [0, 0.1) is 0 Å². The van der Waals surface area contributed by atoms with Gasteiger partial charge >= 0.3 is 0 Å².